The third-order valence-electron chi connectivity index (χ3n) is 4.39. The molecule has 3 aromatic heterocycles. The fraction of sp³-hybridized carbons (Fsp3) is 0.0526. The number of benzene rings is 2. The van der Waals surface area contributed by atoms with E-state index in [9.17, 15) is 4.39 Å². The number of imidazole rings is 2. The van der Waals surface area contributed by atoms with Crippen LogP contribution in [0.1, 0.15) is 5.82 Å². The van der Waals surface area contributed by atoms with Gasteiger partial charge in [0.2, 0.25) is 0 Å². The minimum absolute atomic E-state index is 0.300. The van der Waals surface area contributed by atoms with Crippen molar-refractivity contribution in [2.45, 2.75) is 6.54 Å². The molecule has 5 rings (SSSR count). The number of hydrogen-bond acceptors (Lipinski definition) is 4. The number of fused-ring (bicyclic) bond motifs is 2. The number of aromatic amines is 1. The maximum absolute atomic E-state index is 14.1. The van der Waals surface area contributed by atoms with Crippen LogP contribution < -0.4 is 4.48 Å². The first-order valence-electron chi connectivity index (χ1n) is 8.27. The van der Waals surface area contributed by atoms with E-state index in [1.807, 2.05) is 34.9 Å². The van der Waals surface area contributed by atoms with Gasteiger partial charge in [0, 0.05) is 0 Å². The molecular formula is C19H12AsFN6. The van der Waals surface area contributed by atoms with E-state index in [2.05, 4.69) is 36.8 Å². The summed E-state index contributed by atoms with van der Waals surface area (Å²) in [6.45, 7) is 0.449. The Hall–Kier alpha value is -3.05. The van der Waals surface area contributed by atoms with Crippen LogP contribution in [0, 0.1) is 5.82 Å². The standard InChI is InChI=1S/C19H12AsFN6/c20-18-17-19(23-9-22-18)27(10-24-17)8-15-25-14-7-12(21)6-13(16(14)26-15)11-4-2-1-3-5-11/h1-7,9-10H,8H2,(H,25,26). The second-order valence-corrected chi connectivity index (χ2v) is 7.03. The van der Waals surface area contributed by atoms with Crippen LogP contribution in [0.25, 0.3) is 33.3 Å². The fourth-order valence-corrected chi connectivity index (χ4v) is 3.63. The number of nitrogens with one attached hydrogen (secondary N) is 1. The van der Waals surface area contributed by atoms with Crippen molar-refractivity contribution in [2.75, 3.05) is 0 Å². The molecule has 0 saturated heterocycles. The van der Waals surface area contributed by atoms with Crippen molar-refractivity contribution < 1.29 is 4.39 Å². The second kappa shape index (κ2) is 6.28. The van der Waals surface area contributed by atoms with Crippen molar-refractivity contribution in [1.29, 1.82) is 0 Å². The zero-order valence-electron chi connectivity index (χ0n) is 14.0. The monoisotopic (exact) mass is 418 g/mol. The number of aromatic nitrogens is 6. The summed E-state index contributed by atoms with van der Waals surface area (Å²) in [5.74, 6) is 0.406. The van der Waals surface area contributed by atoms with Crippen LogP contribution in [0.4, 0.5) is 4.39 Å². The summed E-state index contributed by atoms with van der Waals surface area (Å²) < 4.78 is 16.8. The summed E-state index contributed by atoms with van der Waals surface area (Å²) in [7, 11) is 0. The molecule has 0 aliphatic rings. The Morgan fingerprint density at radius 1 is 1.04 bits per heavy atom. The summed E-state index contributed by atoms with van der Waals surface area (Å²) in [4.78, 5) is 20.7. The van der Waals surface area contributed by atoms with Gasteiger partial charge in [-0.15, -0.1) is 0 Å². The Morgan fingerprint density at radius 3 is 2.74 bits per heavy atom. The van der Waals surface area contributed by atoms with E-state index in [1.54, 1.807) is 6.33 Å². The quantitative estimate of drug-likeness (QED) is 0.457. The first-order chi connectivity index (χ1) is 13.2. The Bertz CT molecular complexity index is 1280. The predicted molar refractivity (Wildman–Crippen MR) is 101 cm³/mol. The average Bonchev–Trinajstić information content (AvgIpc) is 3.27. The normalized spacial score (nSPS) is 11.5. The van der Waals surface area contributed by atoms with E-state index in [-0.39, 0.29) is 5.82 Å². The molecule has 1 N–H and O–H groups in total. The molecule has 0 saturated carbocycles. The molecule has 3 heterocycles. The van der Waals surface area contributed by atoms with Gasteiger partial charge in [-0.1, -0.05) is 6.07 Å². The minimum atomic E-state index is -0.300. The Morgan fingerprint density at radius 2 is 1.89 bits per heavy atom. The van der Waals surface area contributed by atoms with E-state index in [0.29, 0.717) is 17.9 Å². The van der Waals surface area contributed by atoms with E-state index in [0.717, 1.165) is 32.3 Å². The van der Waals surface area contributed by atoms with E-state index in [4.69, 9.17) is 4.98 Å². The van der Waals surface area contributed by atoms with Gasteiger partial charge in [-0.3, -0.25) is 0 Å². The van der Waals surface area contributed by atoms with Crippen molar-refractivity contribution in [3.05, 3.63) is 66.8 Å². The Balaban J connectivity index is 1.61. The van der Waals surface area contributed by atoms with Crippen molar-refractivity contribution in [3.8, 4) is 11.1 Å². The van der Waals surface area contributed by atoms with Crippen molar-refractivity contribution in [1.82, 2.24) is 29.5 Å². The third-order valence-corrected chi connectivity index (χ3v) is 5.07. The zero-order chi connectivity index (χ0) is 18.4. The fourth-order valence-electron chi connectivity index (χ4n) is 3.19. The predicted octanol–water partition coefficient (Wildman–Crippen LogP) is 2.35. The van der Waals surface area contributed by atoms with Gasteiger partial charge < -0.3 is 0 Å². The molecule has 0 spiro atoms. The molecule has 8 heteroatoms. The van der Waals surface area contributed by atoms with Gasteiger partial charge in [-0.25, -0.2) is 0 Å². The molecule has 6 nitrogen and oxygen atoms in total. The molecule has 2 aromatic carbocycles. The van der Waals surface area contributed by atoms with E-state index >= 15 is 0 Å². The molecule has 0 aliphatic heterocycles. The Labute approximate surface area is 162 Å². The van der Waals surface area contributed by atoms with Crippen LogP contribution in [0.5, 0.6) is 0 Å². The molecule has 130 valence electrons. The van der Waals surface area contributed by atoms with Gasteiger partial charge in [0.05, 0.1) is 0 Å². The Kier molecular flexibility index (Phi) is 3.76. The topological polar surface area (TPSA) is 72.3 Å². The van der Waals surface area contributed by atoms with Crippen LogP contribution >= 0.6 is 0 Å². The molecule has 0 amide bonds. The van der Waals surface area contributed by atoms with Gasteiger partial charge in [0.25, 0.3) is 0 Å². The molecule has 0 fully saturated rings. The van der Waals surface area contributed by atoms with Crippen LogP contribution in [-0.2, 0) is 6.54 Å². The summed E-state index contributed by atoms with van der Waals surface area (Å²) in [5.41, 5.74) is 4.56. The molecule has 0 unspecified atom stereocenters. The van der Waals surface area contributed by atoms with Crippen LogP contribution in [0.2, 0.25) is 0 Å². The van der Waals surface area contributed by atoms with E-state index < -0.39 is 0 Å². The maximum atomic E-state index is 14.1. The summed E-state index contributed by atoms with van der Waals surface area (Å²) in [5, 5.41) is 0. The van der Waals surface area contributed by atoms with Gasteiger partial charge >= 0.3 is 156 Å². The van der Waals surface area contributed by atoms with Gasteiger partial charge in [0.1, 0.15) is 0 Å². The van der Waals surface area contributed by atoms with Gasteiger partial charge in [-0.2, -0.15) is 0 Å². The van der Waals surface area contributed by atoms with Crippen molar-refractivity contribution in [2.24, 2.45) is 0 Å². The van der Waals surface area contributed by atoms with Crippen LogP contribution in [0.3, 0.4) is 0 Å². The zero-order valence-corrected chi connectivity index (χ0v) is 15.8. The number of hydrogen-bond donors (Lipinski definition) is 1. The average molecular weight is 418 g/mol. The number of rotatable bonds is 3. The first-order valence-corrected chi connectivity index (χ1v) is 9.21. The molecule has 2 radical (unpaired) electrons. The van der Waals surface area contributed by atoms with Gasteiger partial charge in [0.15, 0.2) is 0 Å². The van der Waals surface area contributed by atoms with E-state index in [1.165, 1.54) is 18.5 Å². The van der Waals surface area contributed by atoms with Crippen LogP contribution in [-0.4, -0.2) is 46.3 Å². The number of halogens is 1. The number of nitrogens with zero attached hydrogens (tertiary/aromatic N) is 5. The summed E-state index contributed by atoms with van der Waals surface area (Å²) >= 11 is 2.39. The SMILES string of the molecule is Fc1cc(-c2ccccc2)c2nc(Cn3cnc4c([As])ncnc43)[nH]c2c1. The summed E-state index contributed by atoms with van der Waals surface area (Å²) in [6, 6.07) is 12.7. The first kappa shape index (κ1) is 16.1. The van der Waals surface area contributed by atoms with Crippen molar-refractivity contribution in [3.63, 3.8) is 0 Å². The molecule has 5 aromatic rings. The molecule has 27 heavy (non-hydrogen) atoms. The number of H-pyrrole nitrogens is 1. The molecule has 0 aliphatic carbocycles. The summed E-state index contributed by atoms with van der Waals surface area (Å²) in [6.07, 6.45) is 3.22. The second-order valence-electron chi connectivity index (χ2n) is 6.14. The van der Waals surface area contributed by atoms with Gasteiger partial charge in [-0.05, 0) is 0 Å². The third kappa shape index (κ3) is 2.80. The van der Waals surface area contributed by atoms with Crippen molar-refractivity contribution >= 4 is 43.5 Å². The molecule has 0 atom stereocenters. The molecular weight excluding hydrogens is 406 g/mol. The molecule has 0 bridgehead atoms. The van der Waals surface area contributed by atoms with Crippen LogP contribution in [0.15, 0.2) is 55.1 Å².